The van der Waals surface area contributed by atoms with Crippen LogP contribution in [0.5, 0.6) is 0 Å². The van der Waals surface area contributed by atoms with E-state index in [-0.39, 0.29) is 5.71 Å². The van der Waals surface area contributed by atoms with E-state index in [1.165, 1.54) is 0 Å². The van der Waals surface area contributed by atoms with Gasteiger partial charge in [0.1, 0.15) is 0 Å². The van der Waals surface area contributed by atoms with E-state index >= 15 is 0 Å². The van der Waals surface area contributed by atoms with Crippen LogP contribution < -0.4 is 0 Å². The van der Waals surface area contributed by atoms with Crippen molar-refractivity contribution in [1.82, 2.24) is 4.98 Å². The lowest BCUT2D eigenvalue weighted by Crippen LogP contribution is -2.14. The second-order valence-corrected chi connectivity index (χ2v) is 5.36. The molecule has 0 aromatic carbocycles. The molecule has 1 aromatic rings. The number of aromatic nitrogens is 1. The van der Waals surface area contributed by atoms with Gasteiger partial charge < -0.3 is 5.41 Å². The molecule has 0 bridgehead atoms. The second-order valence-electron chi connectivity index (χ2n) is 5.36. The highest BCUT2D eigenvalue weighted by Gasteiger charge is 2.14. The van der Waals surface area contributed by atoms with Gasteiger partial charge in [0.05, 0.1) is 11.4 Å². The number of allylic oxidation sites excluding steroid dienone is 8. The van der Waals surface area contributed by atoms with Gasteiger partial charge in [0.15, 0.2) is 0 Å². The van der Waals surface area contributed by atoms with Gasteiger partial charge in [0.25, 0.3) is 0 Å². The third-order valence-corrected chi connectivity index (χ3v) is 3.49. The highest BCUT2D eigenvalue weighted by atomic mass is 14.7. The van der Waals surface area contributed by atoms with E-state index in [1.54, 1.807) is 24.4 Å². The maximum Gasteiger partial charge on any atom is 0.0886 e. The van der Waals surface area contributed by atoms with Gasteiger partial charge in [0, 0.05) is 17.5 Å². The van der Waals surface area contributed by atoms with Crippen molar-refractivity contribution in [3.8, 4) is 0 Å². The Hall–Kier alpha value is -2.81. The Morgan fingerprint density at radius 2 is 2.00 bits per heavy atom. The van der Waals surface area contributed by atoms with Crippen molar-refractivity contribution >= 4 is 11.4 Å². The van der Waals surface area contributed by atoms with Gasteiger partial charge in [-0.25, -0.2) is 0 Å². The summed E-state index contributed by atoms with van der Waals surface area (Å²) < 4.78 is 0. The molecule has 0 saturated heterocycles. The molecule has 1 heterocycles. The number of hydrogen-bond acceptors (Lipinski definition) is 3. The summed E-state index contributed by atoms with van der Waals surface area (Å²) in [5.41, 5.74) is 4.32. The Bertz CT molecular complexity index is 729. The van der Waals surface area contributed by atoms with Crippen LogP contribution in [0.1, 0.15) is 31.5 Å². The normalized spacial score (nSPS) is 12.3. The first kappa shape index (κ1) is 19.2. The summed E-state index contributed by atoms with van der Waals surface area (Å²) in [4.78, 5) is 4.30. The summed E-state index contributed by atoms with van der Waals surface area (Å²) >= 11 is 0. The van der Waals surface area contributed by atoms with Gasteiger partial charge in [-0.15, -0.1) is 0 Å². The molecule has 0 saturated carbocycles. The molecule has 3 nitrogen and oxygen atoms in total. The van der Waals surface area contributed by atoms with E-state index in [9.17, 15) is 0 Å². The molecule has 0 aliphatic carbocycles. The monoisotopic (exact) mass is 319 g/mol. The van der Waals surface area contributed by atoms with Gasteiger partial charge in [-0.2, -0.15) is 0 Å². The lowest BCUT2D eigenvalue weighted by molar-refractivity contribution is 1.21. The molecule has 0 spiro atoms. The quantitative estimate of drug-likeness (QED) is 0.492. The Morgan fingerprint density at radius 3 is 2.50 bits per heavy atom. The maximum atomic E-state index is 8.45. The van der Waals surface area contributed by atoms with Crippen LogP contribution in [0.3, 0.4) is 0 Å². The largest absolute Gasteiger partial charge is 0.305 e. The fourth-order valence-corrected chi connectivity index (χ4v) is 2.02. The van der Waals surface area contributed by atoms with Crippen molar-refractivity contribution in [2.45, 2.75) is 27.2 Å². The fraction of sp³-hybridized carbons (Fsp3) is 0.190. The molecule has 0 fully saturated rings. The van der Waals surface area contributed by atoms with Gasteiger partial charge in [0.2, 0.25) is 0 Å². The Labute approximate surface area is 144 Å². The molecule has 0 radical (unpaired) electrons. The second kappa shape index (κ2) is 9.36. The Kier molecular flexibility index (Phi) is 7.50. The summed E-state index contributed by atoms with van der Waals surface area (Å²) in [6.45, 7) is 13.7. The van der Waals surface area contributed by atoms with Gasteiger partial charge in [-0.05, 0) is 49.1 Å². The average molecular weight is 319 g/mol. The van der Waals surface area contributed by atoms with Crippen molar-refractivity contribution in [2.75, 3.05) is 0 Å². The minimum atomic E-state index is 0.234. The van der Waals surface area contributed by atoms with Gasteiger partial charge in [-0.3, -0.25) is 10.4 Å². The maximum absolute atomic E-state index is 8.45. The standard InChI is InChI=1S/C21H25N3/c1-6-9-10-17(7-2)16(5)13-18(19(22)8-3)21(23)20-12-11-15(4)14-24-20/h6-7,9-14,22-23H,2,5,8H2,1,3-4H3/b9-6?,17-10+,18-13+,22-19?,23-21?. The van der Waals surface area contributed by atoms with Crippen molar-refractivity contribution in [1.29, 1.82) is 10.8 Å². The van der Waals surface area contributed by atoms with E-state index in [4.69, 9.17) is 10.8 Å². The van der Waals surface area contributed by atoms with Crippen LogP contribution in [-0.2, 0) is 0 Å². The molecule has 0 aliphatic rings. The van der Waals surface area contributed by atoms with Gasteiger partial charge >= 0.3 is 0 Å². The number of nitrogens with one attached hydrogen (secondary N) is 2. The lowest BCUT2D eigenvalue weighted by atomic mass is 9.95. The summed E-state index contributed by atoms with van der Waals surface area (Å²) in [5.74, 6) is 0. The van der Waals surface area contributed by atoms with E-state index in [1.807, 2.05) is 45.1 Å². The van der Waals surface area contributed by atoms with Crippen LogP contribution >= 0.6 is 0 Å². The van der Waals surface area contributed by atoms with E-state index in [0.29, 0.717) is 29.0 Å². The number of hydrogen-bond donors (Lipinski definition) is 2. The van der Waals surface area contributed by atoms with Gasteiger partial charge in [-0.1, -0.05) is 50.5 Å². The van der Waals surface area contributed by atoms with Crippen molar-refractivity contribution in [2.24, 2.45) is 0 Å². The topological polar surface area (TPSA) is 60.6 Å². The van der Waals surface area contributed by atoms with Crippen molar-refractivity contribution in [3.63, 3.8) is 0 Å². The zero-order valence-corrected chi connectivity index (χ0v) is 14.7. The predicted molar refractivity (Wildman–Crippen MR) is 104 cm³/mol. The molecule has 2 N–H and O–H groups in total. The minimum Gasteiger partial charge on any atom is -0.305 e. The summed E-state index contributed by atoms with van der Waals surface area (Å²) in [7, 11) is 0. The molecular weight excluding hydrogens is 294 g/mol. The zero-order chi connectivity index (χ0) is 18.1. The summed E-state index contributed by atoms with van der Waals surface area (Å²) in [6.07, 6.45) is 11.5. The molecule has 1 aromatic heterocycles. The van der Waals surface area contributed by atoms with E-state index in [0.717, 1.165) is 11.1 Å². The van der Waals surface area contributed by atoms with Crippen LogP contribution in [0, 0.1) is 17.7 Å². The smallest absolute Gasteiger partial charge is 0.0886 e. The Balaban J connectivity index is 3.28. The number of rotatable bonds is 8. The van der Waals surface area contributed by atoms with Crippen molar-refractivity contribution < 1.29 is 0 Å². The molecule has 0 unspecified atom stereocenters. The first-order valence-electron chi connectivity index (χ1n) is 7.90. The SMILES string of the molecule is C=C/C(=C\C=CC)C(=C)/C=C(\C(=N)CC)C(=N)c1ccc(C)cn1. The molecular formula is C21H25N3. The molecule has 0 aliphatic heterocycles. The number of pyridine rings is 1. The zero-order valence-electron chi connectivity index (χ0n) is 14.7. The lowest BCUT2D eigenvalue weighted by Gasteiger charge is -2.11. The average Bonchev–Trinajstić information content (AvgIpc) is 2.59. The third-order valence-electron chi connectivity index (χ3n) is 3.49. The van der Waals surface area contributed by atoms with Crippen LogP contribution in [0.15, 0.2) is 78.6 Å². The molecule has 0 atom stereocenters. The fourth-order valence-electron chi connectivity index (χ4n) is 2.02. The first-order chi connectivity index (χ1) is 11.4. The number of aryl methyl sites for hydroxylation is 1. The highest BCUT2D eigenvalue weighted by molar-refractivity contribution is 6.27. The van der Waals surface area contributed by atoms with Crippen LogP contribution in [0.2, 0.25) is 0 Å². The first-order valence-corrected chi connectivity index (χ1v) is 7.90. The van der Waals surface area contributed by atoms with Crippen LogP contribution in [-0.4, -0.2) is 16.4 Å². The van der Waals surface area contributed by atoms with Crippen molar-refractivity contribution in [3.05, 3.63) is 89.8 Å². The molecule has 0 amide bonds. The molecule has 3 heteroatoms. The molecule has 1 rings (SSSR count). The van der Waals surface area contributed by atoms with E-state index < -0.39 is 0 Å². The Morgan fingerprint density at radius 1 is 1.29 bits per heavy atom. The highest BCUT2D eigenvalue weighted by Crippen LogP contribution is 2.17. The van der Waals surface area contributed by atoms with E-state index in [2.05, 4.69) is 18.1 Å². The summed E-state index contributed by atoms with van der Waals surface area (Å²) in [6, 6.07) is 3.72. The molecule has 24 heavy (non-hydrogen) atoms. The minimum absolute atomic E-state index is 0.234. The van der Waals surface area contributed by atoms with Crippen LogP contribution in [0.25, 0.3) is 0 Å². The number of nitrogens with zero attached hydrogens (tertiary/aromatic N) is 1. The summed E-state index contributed by atoms with van der Waals surface area (Å²) in [5, 5.41) is 16.7. The molecule has 124 valence electrons. The third kappa shape index (κ3) is 5.13. The predicted octanol–water partition coefficient (Wildman–Crippen LogP) is 5.36. The van der Waals surface area contributed by atoms with Crippen LogP contribution in [0.4, 0.5) is 0 Å².